The van der Waals surface area contributed by atoms with E-state index in [1.807, 2.05) is 19.2 Å². The van der Waals surface area contributed by atoms with E-state index < -0.39 is 0 Å². The van der Waals surface area contributed by atoms with Gasteiger partial charge in [0.15, 0.2) is 0 Å². The molecule has 0 bridgehead atoms. The smallest absolute Gasteiger partial charge is 0.0406 e. The van der Waals surface area contributed by atoms with E-state index in [1.54, 1.807) is 0 Å². The standard InChI is InChI=1S/C15H23ClN2S/c1-12-11-18(9-10-19-12)8-7-15(17-2)13-3-5-14(16)6-4-13/h3-6,12,15,17H,7-11H2,1-2H3. The molecule has 1 aliphatic heterocycles. The van der Waals surface area contributed by atoms with Gasteiger partial charge in [0.25, 0.3) is 0 Å². The van der Waals surface area contributed by atoms with Crippen LogP contribution in [0.1, 0.15) is 24.9 Å². The number of thioether (sulfide) groups is 1. The summed E-state index contributed by atoms with van der Waals surface area (Å²) >= 11 is 8.03. The molecule has 2 rings (SSSR count). The predicted octanol–water partition coefficient (Wildman–Crippen LogP) is 3.43. The van der Waals surface area contributed by atoms with Crippen molar-refractivity contribution in [3.63, 3.8) is 0 Å². The van der Waals surface area contributed by atoms with E-state index in [4.69, 9.17) is 11.6 Å². The zero-order chi connectivity index (χ0) is 13.7. The summed E-state index contributed by atoms with van der Waals surface area (Å²) in [5.74, 6) is 1.27. The summed E-state index contributed by atoms with van der Waals surface area (Å²) in [6.45, 7) is 5.94. The Bertz CT molecular complexity index is 382. The summed E-state index contributed by atoms with van der Waals surface area (Å²) < 4.78 is 0. The maximum atomic E-state index is 5.94. The maximum absolute atomic E-state index is 5.94. The molecule has 106 valence electrons. The molecule has 1 fully saturated rings. The van der Waals surface area contributed by atoms with E-state index >= 15 is 0 Å². The Balaban J connectivity index is 1.87. The van der Waals surface area contributed by atoms with Crippen molar-refractivity contribution in [2.75, 3.05) is 32.4 Å². The molecule has 1 heterocycles. The van der Waals surface area contributed by atoms with Gasteiger partial charge in [-0.3, -0.25) is 0 Å². The van der Waals surface area contributed by atoms with Crippen LogP contribution in [0, 0.1) is 0 Å². The van der Waals surface area contributed by atoms with Crippen LogP contribution in [0.25, 0.3) is 0 Å². The molecule has 0 saturated carbocycles. The number of rotatable bonds is 5. The quantitative estimate of drug-likeness (QED) is 0.896. The largest absolute Gasteiger partial charge is 0.313 e. The Labute approximate surface area is 125 Å². The van der Waals surface area contributed by atoms with E-state index in [1.165, 1.54) is 31.0 Å². The van der Waals surface area contributed by atoms with Crippen LogP contribution < -0.4 is 5.32 Å². The molecule has 0 spiro atoms. The Morgan fingerprint density at radius 3 is 2.79 bits per heavy atom. The molecule has 2 atom stereocenters. The third-order valence-corrected chi connectivity index (χ3v) is 5.07. The first-order valence-electron chi connectivity index (χ1n) is 6.95. The van der Waals surface area contributed by atoms with E-state index in [2.05, 4.69) is 41.0 Å². The highest BCUT2D eigenvalue weighted by molar-refractivity contribution is 7.99. The van der Waals surface area contributed by atoms with Crippen LogP contribution in [-0.2, 0) is 0 Å². The van der Waals surface area contributed by atoms with Gasteiger partial charge in [0.1, 0.15) is 0 Å². The maximum Gasteiger partial charge on any atom is 0.0406 e. The molecule has 0 amide bonds. The average Bonchev–Trinajstić information content (AvgIpc) is 2.41. The van der Waals surface area contributed by atoms with Gasteiger partial charge in [-0.1, -0.05) is 30.7 Å². The number of benzene rings is 1. The molecule has 2 unspecified atom stereocenters. The lowest BCUT2D eigenvalue weighted by Gasteiger charge is -2.31. The molecular weight excluding hydrogens is 276 g/mol. The summed E-state index contributed by atoms with van der Waals surface area (Å²) in [6, 6.07) is 8.61. The van der Waals surface area contributed by atoms with Crippen molar-refractivity contribution >= 4 is 23.4 Å². The summed E-state index contributed by atoms with van der Waals surface area (Å²) in [5, 5.41) is 4.99. The molecule has 0 radical (unpaired) electrons. The summed E-state index contributed by atoms with van der Waals surface area (Å²) in [5.41, 5.74) is 1.33. The lowest BCUT2D eigenvalue weighted by molar-refractivity contribution is 0.269. The molecule has 1 aliphatic rings. The Hall–Kier alpha value is -0.220. The van der Waals surface area contributed by atoms with Gasteiger partial charge in [0.05, 0.1) is 0 Å². The van der Waals surface area contributed by atoms with Gasteiger partial charge in [0, 0.05) is 41.7 Å². The monoisotopic (exact) mass is 298 g/mol. The molecule has 19 heavy (non-hydrogen) atoms. The molecule has 2 nitrogen and oxygen atoms in total. The van der Waals surface area contributed by atoms with Crippen LogP contribution in [0.15, 0.2) is 24.3 Å². The van der Waals surface area contributed by atoms with Crippen LogP contribution in [0.3, 0.4) is 0 Å². The van der Waals surface area contributed by atoms with Gasteiger partial charge in [-0.05, 0) is 31.2 Å². The van der Waals surface area contributed by atoms with Gasteiger partial charge < -0.3 is 10.2 Å². The average molecular weight is 299 g/mol. The number of halogens is 1. The van der Waals surface area contributed by atoms with Crippen molar-refractivity contribution in [2.45, 2.75) is 24.6 Å². The first-order valence-corrected chi connectivity index (χ1v) is 8.38. The molecule has 0 aliphatic carbocycles. The van der Waals surface area contributed by atoms with Gasteiger partial charge >= 0.3 is 0 Å². The lowest BCUT2D eigenvalue weighted by atomic mass is 10.0. The number of hydrogen-bond acceptors (Lipinski definition) is 3. The van der Waals surface area contributed by atoms with E-state index in [0.717, 1.165) is 16.7 Å². The predicted molar refractivity (Wildman–Crippen MR) is 86.2 cm³/mol. The highest BCUT2D eigenvalue weighted by Crippen LogP contribution is 2.22. The zero-order valence-electron chi connectivity index (χ0n) is 11.7. The Morgan fingerprint density at radius 1 is 1.42 bits per heavy atom. The third-order valence-electron chi connectivity index (χ3n) is 3.68. The fourth-order valence-corrected chi connectivity index (χ4v) is 3.79. The minimum atomic E-state index is 0.419. The molecular formula is C15H23ClN2S. The van der Waals surface area contributed by atoms with Crippen molar-refractivity contribution in [3.8, 4) is 0 Å². The highest BCUT2D eigenvalue weighted by Gasteiger charge is 2.18. The van der Waals surface area contributed by atoms with Crippen LogP contribution in [-0.4, -0.2) is 42.6 Å². The Morgan fingerprint density at radius 2 is 2.16 bits per heavy atom. The van der Waals surface area contributed by atoms with Crippen LogP contribution in [0.2, 0.25) is 5.02 Å². The second kappa shape index (κ2) is 7.53. The van der Waals surface area contributed by atoms with Gasteiger partial charge in [0.2, 0.25) is 0 Å². The fourth-order valence-electron chi connectivity index (χ4n) is 2.58. The summed E-state index contributed by atoms with van der Waals surface area (Å²) in [6.07, 6.45) is 1.15. The van der Waals surface area contributed by atoms with Crippen molar-refractivity contribution < 1.29 is 0 Å². The van der Waals surface area contributed by atoms with Crippen LogP contribution in [0.4, 0.5) is 0 Å². The van der Waals surface area contributed by atoms with E-state index in [0.29, 0.717) is 6.04 Å². The van der Waals surface area contributed by atoms with Gasteiger partial charge in [-0.2, -0.15) is 11.8 Å². The van der Waals surface area contributed by atoms with Crippen LogP contribution >= 0.6 is 23.4 Å². The molecule has 1 aromatic carbocycles. The highest BCUT2D eigenvalue weighted by atomic mass is 35.5. The molecule has 4 heteroatoms. The van der Waals surface area contributed by atoms with E-state index in [9.17, 15) is 0 Å². The number of hydrogen-bond donors (Lipinski definition) is 1. The van der Waals surface area contributed by atoms with E-state index in [-0.39, 0.29) is 0 Å². The summed E-state index contributed by atoms with van der Waals surface area (Å²) in [7, 11) is 2.04. The first-order chi connectivity index (χ1) is 9.19. The minimum Gasteiger partial charge on any atom is -0.313 e. The van der Waals surface area contributed by atoms with Gasteiger partial charge in [-0.25, -0.2) is 0 Å². The van der Waals surface area contributed by atoms with Crippen molar-refractivity contribution in [1.29, 1.82) is 0 Å². The van der Waals surface area contributed by atoms with Crippen molar-refractivity contribution in [1.82, 2.24) is 10.2 Å². The normalized spacial score (nSPS) is 22.4. The number of nitrogens with zero attached hydrogens (tertiary/aromatic N) is 1. The van der Waals surface area contributed by atoms with Crippen molar-refractivity contribution in [2.24, 2.45) is 0 Å². The summed E-state index contributed by atoms with van der Waals surface area (Å²) in [4.78, 5) is 2.58. The third kappa shape index (κ3) is 4.67. The van der Waals surface area contributed by atoms with Gasteiger partial charge in [-0.15, -0.1) is 0 Å². The first kappa shape index (κ1) is 15.2. The van der Waals surface area contributed by atoms with Crippen molar-refractivity contribution in [3.05, 3.63) is 34.9 Å². The topological polar surface area (TPSA) is 15.3 Å². The van der Waals surface area contributed by atoms with Crippen LogP contribution in [0.5, 0.6) is 0 Å². The molecule has 1 aromatic rings. The fraction of sp³-hybridized carbons (Fsp3) is 0.600. The Kier molecular flexibility index (Phi) is 6.02. The molecule has 0 aromatic heterocycles. The SMILES string of the molecule is CNC(CCN1CCSC(C)C1)c1ccc(Cl)cc1. The number of nitrogens with one attached hydrogen (secondary N) is 1. The molecule has 1 N–H and O–H groups in total. The second-order valence-electron chi connectivity index (χ2n) is 5.16. The minimum absolute atomic E-state index is 0.419. The molecule has 1 saturated heterocycles. The lowest BCUT2D eigenvalue weighted by Crippen LogP contribution is -2.38. The zero-order valence-corrected chi connectivity index (χ0v) is 13.3. The second-order valence-corrected chi connectivity index (χ2v) is 7.15.